The first-order valence-electron chi connectivity index (χ1n) is 4.44. The van der Waals surface area contributed by atoms with Crippen molar-refractivity contribution in [1.29, 1.82) is 0 Å². The Kier molecular flexibility index (Phi) is 2.99. The van der Waals surface area contributed by atoms with Crippen molar-refractivity contribution >= 4 is 6.21 Å². The maximum absolute atomic E-state index is 13.1. The van der Waals surface area contributed by atoms with E-state index in [1.165, 1.54) is 12.1 Å². The summed E-state index contributed by atoms with van der Waals surface area (Å²) in [5.41, 5.74) is 0.238. The molecule has 0 bridgehead atoms. The monoisotopic (exact) mass is 198 g/mol. The average molecular weight is 198 g/mol. The first-order chi connectivity index (χ1) is 6.38. The van der Waals surface area contributed by atoms with Crippen LogP contribution >= 0.6 is 0 Å². The van der Waals surface area contributed by atoms with Crippen LogP contribution in [0.15, 0.2) is 18.2 Å². The van der Waals surface area contributed by atoms with Crippen LogP contribution in [0.1, 0.15) is 26.3 Å². The summed E-state index contributed by atoms with van der Waals surface area (Å²) in [6, 6.07) is 3.51. The molecule has 1 aromatic rings. The Bertz CT molecular complexity index is 351. The van der Waals surface area contributed by atoms with Gasteiger partial charge in [0.05, 0.1) is 5.56 Å². The molecule has 0 saturated carbocycles. The first-order valence-corrected chi connectivity index (χ1v) is 4.44. The minimum atomic E-state index is -0.560. The van der Waals surface area contributed by atoms with E-state index in [9.17, 15) is 8.78 Å². The van der Waals surface area contributed by atoms with Crippen molar-refractivity contribution in [3.63, 3.8) is 0 Å². The number of rotatable bonds is 1. The van der Waals surface area contributed by atoms with Gasteiger partial charge in [-0.2, -0.15) is 0 Å². The largest absolute Gasteiger partial charge is 0.243 e. The van der Waals surface area contributed by atoms with Crippen LogP contribution in [0.3, 0.4) is 0 Å². The lowest BCUT2D eigenvalue weighted by atomic mass is 10.1. The van der Waals surface area contributed by atoms with E-state index >= 15 is 0 Å². The maximum Gasteiger partial charge on any atom is 0.172 e. The van der Waals surface area contributed by atoms with Crippen LogP contribution in [-0.4, -0.2) is 11.8 Å². The summed E-state index contributed by atoms with van der Waals surface area (Å²) < 4.78 is 25.7. The number of hydrogen-bond donors (Lipinski definition) is 1. The van der Waals surface area contributed by atoms with E-state index in [0.29, 0.717) is 5.56 Å². The van der Waals surface area contributed by atoms with Gasteiger partial charge in [0.25, 0.3) is 0 Å². The van der Waals surface area contributed by atoms with Gasteiger partial charge in [0, 0.05) is 6.07 Å². The number of hydrogen-bond acceptors (Lipinski definition) is 0. The van der Waals surface area contributed by atoms with Gasteiger partial charge in [-0.1, -0.05) is 0 Å². The number of halogens is 2. The van der Waals surface area contributed by atoms with E-state index in [2.05, 4.69) is 4.99 Å². The quantitative estimate of drug-likeness (QED) is 0.653. The molecule has 1 aromatic carbocycles. The highest BCUT2D eigenvalue weighted by Crippen LogP contribution is 2.05. The summed E-state index contributed by atoms with van der Waals surface area (Å²) in [5, 5.41) is 0. The van der Waals surface area contributed by atoms with Gasteiger partial charge in [0.15, 0.2) is 11.8 Å². The van der Waals surface area contributed by atoms with Crippen LogP contribution in [0, 0.1) is 11.6 Å². The molecule has 0 atom stereocenters. The Morgan fingerprint density at radius 2 is 1.86 bits per heavy atom. The van der Waals surface area contributed by atoms with Crippen LogP contribution in [0.4, 0.5) is 8.78 Å². The summed E-state index contributed by atoms with van der Waals surface area (Å²) in [5.74, 6) is -1.11. The van der Waals surface area contributed by atoms with Crippen molar-refractivity contribution in [2.24, 2.45) is 0 Å². The number of nitrogens with one attached hydrogen (secondary N) is 1. The second-order valence-electron chi connectivity index (χ2n) is 4.20. The summed E-state index contributed by atoms with van der Waals surface area (Å²) in [6.45, 7) is 5.89. The second kappa shape index (κ2) is 3.86. The van der Waals surface area contributed by atoms with Gasteiger partial charge in [-0.05, 0) is 32.9 Å². The Hall–Kier alpha value is -1.25. The fourth-order valence-electron chi connectivity index (χ4n) is 0.913. The molecule has 0 heterocycles. The van der Waals surface area contributed by atoms with Gasteiger partial charge in [0.2, 0.25) is 0 Å². The minimum Gasteiger partial charge on any atom is -0.243 e. The van der Waals surface area contributed by atoms with Gasteiger partial charge in [-0.3, -0.25) is 0 Å². The molecule has 1 rings (SSSR count). The van der Waals surface area contributed by atoms with Crippen LogP contribution in [-0.2, 0) is 0 Å². The molecule has 0 amide bonds. The molecule has 0 aliphatic heterocycles. The number of benzene rings is 1. The zero-order chi connectivity index (χ0) is 10.8. The van der Waals surface area contributed by atoms with Gasteiger partial charge in [-0.15, -0.1) is 0 Å². The van der Waals surface area contributed by atoms with Crippen molar-refractivity contribution in [1.82, 2.24) is 0 Å². The molecule has 0 spiro atoms. The second-order valence-corrected chi connectivity index (χ2v) is 4.20. The molecule has 1 nitrogen and oxygen atoms in total. The van der Waals surface area contributed by atoms with Gasteiger partial charge in [0.1, 0.15) is 11.6 Å². The van der Waals surface area contributed by atoms with E-state index in [1.54, 1.807) is 6.21 Å². The molecule has 0 aromatic heterocycles. The molecule has 76 valence electrons. The van der Waals surface area contributed by atoms with E-state index in [1.807, 2.05) is 20.8 Å². The molecule has 3 heteroatoms. The fraction of sp³-hybridized carbons (Fsp3) is 0.364. The average Bonchev–Trinajstić information content (AvgIpc) is 2.00. The van der Waals surface area contributed by atoms with Crippen LogP contribution < -0.4 is 4.99 Å². The molecule has 0 saturated heterocycles. The smallest absolute Gasteiger partial charge is 0.172 e. The highest BCUT2D eigenvalue weighted by molar-refractivity contribution is 5.75. The third-order valence-corrected chi connectivity index (χ3v) is 1.62. The van der Waals surface area contributed by atoms with Crippen molar-refractivity contribution < 1.29 is 13.8 Å². The van der Waals surface area contributed by atoms with E-state index in [-0.39, 0.29) is 5.54 Å². The molecular weight excluding hydrogens is 184 g/mol. The van der Waals surface area contributed by atoms with E-state index in [0.717, 1.165) is 6.07 Å². The minimum absolute atomic E-state index is 0.124. The lowest BCUT2D eigenvalue weighted by Crippen LogP contribution is -2.81. The summed E-state index contributed by atoms with van der Waals surface area (Å²) >= 11 is 0. The normalized spacial score (nSPS) is 12.4. The Morgan fingerprint density at radius 3 is 2.36 bits per heavy atom. The van der Waals surface area contributed by atoms with Crippen molar-refractivity contribution in [3.8, 4) is 0 Å². The topological polar surface area (TPSA) is 14.0 Å². The first kappa shape index (κ1) is 10.8. The molecule has 1 N–H and O–H groups in total. The molecule has 0 unspecified atom stereocenters. The van der Waals surface area contributed by atoms with Gasteiger partial charge >= 0.3 is 0 Å². The SMILES string of the molecule is CC(C)(C)[NH+]=Cc1ccc(F)cc1F. The summed E-state index contributed by atoms with van der Waals surface area (Å²) in [6.07, 6.45) is 1.55. The Balaban J connectivity index is 2.93. The molecule has 0 aliphatic carbocycles. The van der Waals surface area contributed by atoms with Gasteiger partial charge < -0.3 is 0 Å². The van der Waals surface area contributed by atoms with E-state index < -0.39 is 11.6 Å². The van der Waals surface area contributed by atoms with E-state index in [4.69, 9.17) is 0 Å². The highest BCUT2D eigenvalue weighted by Gasteiger charge is 2.12. The van der Waals surface area contributed by atoms with Crippen molar-refractivity contribution in [2.75, 3.05) is 0 Å². The Morgan fingerprint density at radius 1 is 1.21 bits per heavy atom. The lowest BCUT2D eigenvalue weighted by molar-refractivity contribution is -0.533. The highest BCUT2D eigenvalue weighted by atomic mass is 19.1. The molecule has 14 heavy (non-hydrogen) atoms. The molecule has 0 radical (unpaired) electrons. The summed E-state index contributed by atoms with van der Waals surface area (Å²) in [4.78, 5) is 3.01. The predicted molar refractivity (Wildman–Crippen MR) is 52.2 cm³/mol. The zero-order valence-electron chi connectivity index (χ0n) is 8.57. The van der Waals surface area contributed by atoms with Gasteiger partial charge in [-0.25, -0.2) is 13.8 Å². The third-order valence-electron chi connectivity index (χ3n) is 1.62. The lowest BCUT2D eigenvalue weighted by Gasteiger charge is -2.04. The standard InChI is InChI=1S/C11H13F2N/c1-11(2,3)14-7-8-4-5-9(12)6-10(8)13/h4-7H,1-3H3/p+1. The molecule has 0 fully saturated rings. The third kappa shape index (κ3) is 3.24. The Labute approximate surface area is 82.5 Å². The molecular formula is C11H14F2N+. The molecule has 0 aliphatic rings. The van der Waals surface area contributed by atoms with Crippen LogP contribution in [0.25, 0.3) is 0 Å². The predicted octanol–water partition coefficient (Wildman–Crippen LogP) is 1.26. The summed E-state index contributed by atoms with van der Waals surface area (Å²) in [7, 11) is 0. The fourth-order valence-corrected chi connectivity index (χ4v) is 0.913. The van der Waals surface area contributed by atoms with Crippen LogP contribution in [0.5, 0.6) is 0 Å². The zero-order valence-corrected chi connectivity index (χ0v) is 8.57. The van der Waals surface area contributed by atoms with Crippen molar-refractivity contribution in [2.45, 2.75) is 26.3 Å². The van der Waals surface area contributed by atoms with Crippen molar-refractivity contribution in [3.05, 3.63) is 35.4 Å². The van der Waals surface area contributed by atoms with Crippen LogP contribution in [0.2, 0.25) is 0 Å². The maximum atomic E-state index is 13.1.